The van der Waals surface area contributed by atoms with E-state index in [-0.39, 0.29) is 24.8 Å². The van der Waals surface area contributed by atoms with Gasteiger partial charge in [0.05, 0.1) is 12.2 Å². The Kier molecular flexibility index (Phi) is 5.09. The predicted octanol–water partition coefficient (Wildman–Crippen LogP) is 2.84. The number of aryl methyl sites for hydroxylation is 2. The summed E-state index contributed by atoms with van der Waals surface area (Å²) in [7, 11) is 0. The second-order valence-electron chi connectivity index (χ2n) is 5.15. The van der Waals surface area contributed by atoms with Crippen LogP contribution < -0.4 is 10.1 Å². The lowest BCUT2D eigenvalue weighted by molar-refractivity contribution is -0.123. The Morgan fingerprint density at radius 1 is 1.23 bits per heavy atom. The molecule has 2 rings (SSSR count). The summed E-state index contributed by atoms with van der Waals surface area (Å²) in [5, 5.41) is 2.60. The number of rotatable bonds is 5. The molecule has 0 aliphatic rings. The highest BCUT2D eigenvalue weighted by molar-refractivity contribution is 5.77. The zero-order valence-electron chi connectivity index (χ0n) is 12.9. The van der Waals surface area contributed by atoms with Crippen LogP contribution in [0.15, 0.2) is 30.5 Å². The molecule has 0 atom stereocenters. The second-order valence-corrected chi connectivity index (χ2v) is 5.15. The standard InChI is InChI=1S/C17H19FN2O2/c1-11-6-7-12(2)17(13(11)3)22-10-16(21)20-9-15-14(18)5-4-8-19-15/h4-8H,9-10H2,1-3H3,(H,20,21). The third-order valence-corrected chi connectivity index (χ3v) is 3.51. The summed E-state index contributed by atoms with van der Waals surface area (Å²) < 4.78 is 19.0. The predicted molar refractivity (Wildman–Crippen MR) is 82.2 cm³/mol. The molecule has 1 N–H and O–H groups in total. The molecule has 1 aromatic heterocycles. The highest BCUT2D eigenvalue weighted by Gasteiger charge is 2.10. The Morgan fingerprint density at radius 2 is 1.95 bits per heavy atom. The van der Waals surface area contributed by atoms with Crippen molar-refractivity contribution in [2.45, 2.75) is 27.3 Å². The first-order valence-corrected chi connectivity index (χ1v) is 7.04. The number of aromatic nitrogens is 1. The van der Waals surface area contributed by atoms with Gasteiger partial charge in [0.1, 0.15) is 11.6 Å². The van der Waals surface area contributed by atoms with Gasteiger partial charge in [-0.15, -0.1) is 0 Å². The van der Waals surface area contributed by atoms with Crippen LogP contribution in [0.4, 0.5) is 4.39 Å². The van der Waals surface area contributed by atoms with Crippen LogP contribution in [0.3, 0.4) is 0 Å². The average molecular weight is 302 g/mol. The van der Waals surface area contributed by atoms with Crippen LogP contribution in [0, 0.1) is 26.6 Å². The largest absolute Gasteiger partial charge is 0.483 e. The minimum absolute atomic E-state index is 0.0423. The molecule has 0 fully saturated rings. The van der Waals surface area contributed by atoms with E-state index in [2.05, 4.69) is 10.3 Å². The van der Waals surface area contributed by atoms with Crippen molar-refractivity contribution >= 4 is 5.91 Å². The van der Waals surface area contributed by atoms with E-state index in [1.165, 1.54) is 18.3 Å². The zero-order chi connectivity index (χ0) is 16.1. The highest BCUT2D eigenvalue weighted by Crippen LogP contribution is 2.25. The molecule has 5 heteroatoms. The van der Waals surface area contributed by atoms with Crippen molar-refractivity contribution in [3.63, 3.8) is 0 Å². The molecule has 1 aromatic carbocycles. The summed E-state index contributed by atoms with van der Waals surface area (Å²) in [6.45, 7) is 5.81. The van der Waals surface area contributed by atoms with Crippen LogP contribution in [0.5, 0.6) is 5.75 Å². The molecule has 0 spiro atoms. The van der Waals surface area contributed by atoms with E-state index in [4.69, 9.17) is 4.74 Å². The summed E-state index contributed by atoms with van der Waals surface area (Å²) >= 11 is 0. The maximum absolute atomic E-state index is 13.4. The van der Waals surface area contributed by atoms with Gasteiger partial charge in [-0.3, -0.25) is 9.78 Å². The van der Waals surface area contributed by atoms with Gasteiger partial charge in [0, 0.05) is 6.20 Å². The number of hydrogen-bond acceptors (Lipinski definition) is 3. The Hall–Kier alpha value is -2.43. The van der Waals surface area contributed by atoms with Crippen LogP contribution in [-0.4, -0.2) is 17.5 Å². The molecule has 0 unspecified atom stereocenters. The van der Waals surface area contributed by atoms with Crippen molar-refractivity contribution in [3.8, 4) is 5.75 Å². The van der Waals surface area contributed by atoms with E-state index < -0.39 is 5.82 Å². The third kappa shape index (κ3) is 3.81. The number of nitrogens with zero attached hydrogens (tertiary/aromatic N) is 1. The summed E-state index contributed by atoms with van der Waals surface area (Å²) in [5.41, 5.74) is 3.31. The van der Waals surface area contributed by atoms with Crippen LogP contribution in [0.2, 0.25) is 0 Å². The van der Waals surface area contributed by atoms with Gasteiger partial charge in [0.15, 0.2) is 6.61 Å². The number of carbonyl (C=O) groups is 1. The van der Waals surface area contributed by atoms with E-state index >= 15 is 0 Å². The number of hydrogen-bond donors (Lipinski definition) is 1. The number of halogens is 1. The van der Waals surface area contributed by atoms with Crippen molar-refractivity contribution in [2.24, 2.45) is 0 Å². The molecule has 0 aliphatic carbocycles. The molecule has 0 saturated heterocycles. The summed E-state index contributed by atoms with van der Waals surface area (Å²) in [5.74, 6) is -0.0291. The van der Waals surface area contributed by atoms with Gasteiger partial charge in [0.25, 0.3) is 5.91 Å². The first-order chi connectivity index (χ1) is 10.5. The number of ether oxygens (including phenoxy) is 1. The molecule has 0 saturated carbocycles. The lowest BCUT2D eigenvalue weighted by Gasteiger charge is -2.13. The molecule has 1 amide bonds. The Morgan fingerprint density at radius 3 is 2.68 bits per heavy atom. The molecule has 0 aliphatic heterocycles. The van der Waals surface area contributed by atoms with Gasteiger partial charge in [-0.1, -0.05) is 12.1 Å². The van der Waals surface area contributed by atoms with Crippen molar-refractivity contribution in [1.82, 2.24) is 10.3 Å². The smallest absolute Gasteiger partial charge is 0.258 e. The third-order valence-electron chi connectivity index (χ3n) is 3.51. The average Bonchev–Trinajstić information content (AvgIpc) is 2.50. The quantitative estimate of drug-likeness (QED) is 0.924. The summed E-state index contributed by atoms with van der Waals surface area (Å²) in [6, 6.07) is 6.79. The van der Waals surface area contributed by atoms with Crippen molar-refractivity contribution in [1.29, 1.82) is 0 Å². The topological polar surface area (TPSA) is 51.2 Å². The summed E-state index contributed by atoms with van der Waals surface area (Å²) in [4.78, 5) is 15.7. The van der Waals surface area contributed by atoms with E-state index in [1.54, 1.807) is 0 Å². The molecular weight excluding hydrogens is 283 g/mol. The van der Waals surface area contributed by atoms with E-state index in [9.17, 15) is 9.18 Å². The Bertz CT molecular complexity index is 686. The van der Waals surface area contributed by atoms with E-state index in [1.807, 2.05) is 32.9 Å². The molecule has 0 radical (unpaired) electrons. The summed E-state index contributed by atoms with van der Waals surface area (Å²) in [6.07, 6.45) is 1.49. The lowest BCUT2D eigenvalue weighted by atomic mass is 10.1. The first kappa shape index (κ1) is 15.9. The normalized spacial score (nSPS) is 10.4. The molecule has 22 heavy (non-hydrogen) atoms. The Balaban J connectivity index is 1.91. The maximum atomic E-state index is 13.4. The Labute approximate surface area is 129 Å². The van der Waals surface area contributed by atoms with Gasteiger partial charge in [-0.25, -0.2) is 4.39 Å². The SMILES string of the molecule is Cc1ccc(C)c(OCC(=O)NCc2ncccc2F)c1C. The van der Waals surface area contributed by atoms with E-state index in [0.29, 0.717) is 0 Å². The molecule has 2 aromatic rings. The number of nitrogens with one attached hydrogen (secondary N) is 1. The molecule has 0 bridgehead atoms. The lowest BCUT2D eigenvalue weighted by Crippen LogP contribution is -2.29. The van der Waals surface area contributed by atoms with Crippen LogP contribution in [-0.2, 0) is 11.3 Å². The van der Waals surface area contributed by atoms with Gasteiger partial charge in [-0.2, -0.15) is 0 Å². The van der Waals surface area contributed by atoms with Crippen molar-refractivity contribution in [2.75, 3.05) is 6.61 Å². The van der Waals surface area contributed by atoms with Crippen molar-refractivity contribution in [3.05, 3.63) is 58.7 Å². The van der Waals surface area contributed by atoms with Gasteiger partial charge in [-0.05, 0) is 49.6 Å². The minimum Gasteiger partial charge on any atom is -0.483 e. The van der Waals surface area contributed by atoms with Crippen molar-refractivity contribution < 1.29 is 13.9 Å². The van der Waals surface area contributed by atoms with Crippen LogP contribution in [0.1, 0.15) is 22.4 Å². The fourth-order valence-electron chi connectivity index (χ4n) is 2.07. The maximum Gasteiger partial charge on any atom is 0.258 e. The molecule has 1 heterocycles. The number of amides is 1. The van der Waals surface area contributed by atoms with Gasteiger partial charge >= 0.3 is 0 Å². The number of pyridine rings is 1. The van der Waals surface area contributed by atoms with Crippen LogP contribution in [0.25, 0.3) is 0 Å². The molecule has 116 valence electrons. The first-order valence-electron chi connectivity index (χ1n) is 7.04. The monoisotopic (exact) mass is 302 g/mol. The number of carbonyl (C=O) groups excluding carboxylic acids is 1. The van der Waals surface area contributed by atoms with E-state index in [0.717, 1.165) is 22.4 Å². The zero-order valence-corrected chi connectivity index (χ0v) is 12.9. The number of benzene rings is 1. The fourth-order valence-corrected chi connectivity index (χ4v) is 2.07. The van der Waals surface area contributed by atoms with Gasteiger partial charge < -0.3 is 10.1 Å². The highest BCUT2D eigenvalue weighted by atomic mass is 19.1. The minimum atomic E-state index is -0.436. The van der Waals surface area contributed by atoms with Crippen LogP contribution >= 0.6 is 0 Å². The second kappa shape index (κ2) is 7.02. The molecule has 4 nitrogen and oxygen atoms in total. The molecular formula is C17H19FN2O2. The van der Waals surface area contributed by atoms with Gasteiger partial charge in [0.2, 0.25) is 0 Å². The fraction of sp³-hybridized carbons (Fsp3) is 0.294.